The van der Waals surface area contributed by atoms with Gasteiger partial charge in [0.15, 0.2) is 9.84 Å². The van der Waals surface area contributed by atoms with Gasteiger partial charge < -0.3 is 10.6 Å². The molecule has 0 spiro atoms. The molecule has 1 aliphatic rings. The Labute approximate surface area is 154 Å². The molecule has 2 aromatic carbocycles. The van der Waals surface area contributed by atoms with Crippen LogP contribution in [0.1, 0.15) is 29.6 Å². The van der Waals surface area contributed by atoms with Gasteiger partial charge in [-0.15, -0.1) is 0 Å². The quantitative estimate of drug-likeness (QED) is 0.895. The van der Waals surface area contributed by atoms with Crippen molar-refractivity contribution in [1.29, 1.82) is 0 Å². The maximum atomic E-state index is 12.8. The highest BCUT2D eigenvalue weighted by atomic mass is 32.2. The first-order chi connectivity index (χ1) is 12.4. The van der Waals surface area contributed by atoms with Gasteiger partial charge in [0.25, 0.3) is 5.91 Å². The molecular formula is C20H24N2O3S. The van der Waals surface area contributed by atoms with E-state index in [2.05, 4.69) is 0 Å². The normalized spacial score (nSPS) is 17.9. The molecule has 2 N–H and O–H groups in total. The first-order valence-electron chi connectivity index (χ1n) is 8.82. The molecule has 26 heavy (non-hydrogen) atoms. The molecule has 138 valence electrons. The summed E-state index contributed by atoms with van der Waals surface area (Å²) in [6.45, 7) is 1.26. The smallest absolute Gasteiger partial charge is 0.254 e. The number of amides is 1. The minimum absolute atomic E-state index is 0.0270. The van der Waals surface area contributed by atoms with Gasteiger partial charge in [-0.25, -0.2) is 8.42 Å². The van der Waals surface area contributed by atoms with E-state index >= 15 is 0 Å². The minimum Gasteiger partial charge on any atom is -0.334 e. The predicted octanol–water partition coefficient (Wildman–Crippen LogP) is 2.71. The van der Waals surface area contributed by atoms with Crippen molar-refractivity contribution in [2.24, 2.45) is 5.73 Å². The fraction of sp³-hybridized carbons (Fsp3) is 0.350. The van der Waals surface area contributed by atoms with E-state index in [4.69, 9.17) is 5.73 Å². The molecule has 2 aromatic rings. The standard InChI is InChI=1S/C20H24N2O3S/c1-26(24,25)19-11-9-16(10-12-19)15-5-7-17(8-6-15)20(23)22-13-3-2-4-18(22)14-21/h5-12,18H,2-4,13-14,21H2,1H3. The number of benzene rings is 2. The lowest BCUT2D eigenvalue weighted by atomic mass is 9.99. The van der Waals surface area contributed by atoms with Gasteiger partial charge in [0.1, 0.15) is 0 Å². The fourth-order valence-electron chi connectivity index (χ4n) is 3.38. The van der Waals surface area contributed by atoms with Crippen molar-refractivity contribution < 1.29 is 13.2 Å². The third kappa shape index (κ3) is 3.97. The van der Waals surface area contributed by atoms with E-state index in [1.807, 2.05) is 29.2 Å². The molecule has 1 unspecified atom stereocenters. The molecular weight excluding hydrogens is 348 g/mol. The molecule has 5 nitrogen and oxygen atoms in total. The third-order valence-electron chi connectivity index (χ3n) is 4.91. The van der Waals surface area contributed by atoms with Crippen LogP contribution in [0, 0.1) is 0 Å². The Morgan fingerprint density at radius 2 is 1.62 bits per heavy atom. The molecule has 6 heteroatoms. The van der Waals surface area contributed by atoms with E-state index < -0.39 is 9.84 Å². The summed E-state index contributed by atoms with van der Waals surface area (Å²) in [6.07, 6.45) is 4.30. The van der Waals surface area contributed by atoms with Crippen molar-refractivity contribution >= 4 is 15.7 Å². The second-order valence-electron chi connectivity index (χ2n) is 6.76. The van der Waals surface area contributed by atoms with Crippen LogP contribution >= 0.6 is 0 Å². The lowest BCUT2D eigenvalue weighted by Gasteiger charge is -2.35. The molecule has 1 atom stereocenters. The van der Waals surface area contributed by atoms with Crippen LogP contribution in [0.3, 0.4) is 0 Å². The van der Waals surface area contributed by atoms with Gasteiger partial charge >= 0.3 is 0 Å². The van der Waals surface area contributed by atoms with Crippen LogP contribution in [0.5, 0.6) is 0 Å². The Bertz CT molecular complexity index is 874. The summed E-state index contributed by atoms with van der Waals surface area (Å²) in [6, 6.07) is 14.3. The van der Waals surface area contributed by atoms with Crippen molar-refractivity contribution in [2.45, 2.75) is 30.2 Å². The van der Waals surface area contributed by atoms with Crippen molar-refractivity contribution in [3.8, 4) is 11.1 Å². The SMILES string of the molecule is CS(=O)(=O)c1ccc(-c2ccc(C(=O)N3CCCCC3CN)cc2)cc1. The number of rotatable bonds is 4. The van der Waals surface area contributed by atoms with E-state index in [-0.39, 0.29) is 11.9 Å². The molecule has 3 rings (SSSR count). The van der Waals surface area contributed by atoms with E-state index in [0.717, 1.165) is 36.9 Å². The maximum absolute atomic E-state index is 12.8. The fourth-order valence-corrected chi connectivity index (χ4v) is 4.01. The molecule has 1 heterocycles. The van der Waals surface area contributed by atoms with Crippen LogP contribution in [0.4, 0.5) is 0 Å². The summed E-state index contributed by atoms with van der Waals surface area (Å²) in [5, 5.41) is 0. The highest BCUT2D eigenvalue weighted by molar-refractivity contribution is 7.90. The molecule has 0 bridgehead atoms. The first kappa shape index (κ1) is 18.6. The van der Waals surface area contributed by atoms with Gasteiger partial charge in [0.2, 0.25) is 0 Å². The Balaban J connectivity index is 1.79. The number of piperidine rings is 1. The number of nitrogens with two attached hydrogens (primary N) is 1. The average molecular weight is 372 g/mol. The van der Waals surface area contributed by atoms with Gasteiger partial charge in [0.05, 0.1) is 4.90 Å². The number of likely N-dealkylation sites (tertiary alicyclic amines) is 1. The molecule has 0 aromatic heterocycles. The van der Waals surface area contributed by atoms with Gasteiger partial charge in [-0.1, -0.05) is 24.3 Å². The number of sulfone groups is 1. The summed E-state index contributed by atoms with van der Waals surface area (Å²) < 4.78 is 23.1. The molecule has 0 aliphatic carbocycles. The average Bonchev–Trinajstić information content (AvgIpc) is 2.67. The summed E-state index contributed by atoms with van der Waals surface area (Å²) in [5.41, 5.74) is 8.32. The zero-order valence-electron chi connectivity index (χ0n) is 14.9. The van der Waals surface area contributed by atoms with Crippen molar-refractivity contribution in [3.05, 3.63) is 54.1 Å². The number of carbonyl (C=O) groups excluding carboxylic acids is 1. The largest absolute Gasteiger partial charge is 0.334 e. The van der Waals surface area contributed by atoms with Crippen molar-refractivity contribution in [2.75, 3.05) is 19.3 Å². The lowest BCUT2D eigenvalue weighted by Crippen LogP contribution is -2.47. The zero-order valence-corrected chi connectivity index (χ0v) is 15.7. The summed E-state index contributed by atoms with van der Waals surface area (Å²) in [7, 11) is -3.20. The molecule has 1 saturated heterocycles. The molecule has 0 radical (unpaired) electrons. The summed E-state index contributed by atoms with van der Waals surface area (Å²) in [5.74, 6) is 0.0270. The Morgan fingerprint density at radius 1 is 1.04 bits per heavy atom. The molecule has 1 aliphatic heterocycles. The first-order valence-corrected chi connectivity index (χ1v) is 10.7. The Morgan fingerprint density at radius 3 is 2.15 bits per heavy atom. The van der Waals surface area contributed by atoms with Gasteiger partial charge in [-0.05, 0) is 54.7 Å². The van der Waals surface area contributed by atoms with Crippen LogP contribution < -0.4 is 5.73 Å². The Hall–Kier alpha value is -2.18. The van der Waals surface area contributed by atoms with Crippen LogP contribution in [-0.2, 0) is 9.84 Å². The summed E-state index contributed by atoms with van der Waals surface area (Å²) >= 11 is 0. The predicted molar refractivity (Wildman–Crippen MR) is 103 cm³/mol. The third-order valence-corrected chi connectivity index (χ3v) is 6.04. The Kier molecular flexibility index (Phi) is 5.44. The highest BCUT2D eigenvalue weighted by Crippen LogP contribution is 2.24. The van der Waals surface area contributed by atoms with E-state index in [1.54, 1.807) is 24.3 Å². The van der Waals surface area contributed by atoms with Crippen molar-refractivity contribution in [3.63, 3.8) is 0 Å². The second kappa shape index (κ2) is 7.60. The van der Waals surface area contributed by atoms with Crippen molar-refractivity contribution in [1.82, 2.24) is 4.90 Å². The highest BCUT2D eigenvalue weighted by Gasteiger charge is 2.26. The van der Waals surface area contributed by atoms with Gasteiger partial charge in [-0.2, -0.15) is 0 Å². The monoisotopic (exact) mass is 372 g/mol. The maximum Gasteiger partial charge on any atom is 0.254 e. The molecule has 1 fully saturated rings. The number of hydrogen-bond acceptors (Lipinski definition) is 4. The zero-order chi connectivity index (χ0) is 18.7. The number of nitrogens with zero attached hydrogens (tertiary/aromatic N) is 1. The second-order valence-corrected chi connectivity index (χ2v) is 8.77. The number of hydrogen-bond donors (Lipinski definition) is 1. The van der Waals surface area contributed by atoms with Gasteiger partial charge in [0, 0.05) is 31.0 Å². The van der Waals surface area contributed by atoms with Gasteiger partial charge in [-0.3, -0.25) is 4.79 Å². The lowest BCUT2D eigenvalue weighted by molar-refractivity contribution is 0.0623. The van der Waals surface area contributed by atoms with E-state index in [0.29, 0.717) is 17.0 Å². The molecule has 0 saturated carbocycles. The van der Waals surface area contributed by atoms with E-state index in [1.165, 1.54) is 6.26 Å². The van der Waals surface area contributed by atoms with E-state index in [9.17, 15) is 13.2 Å². The minimum atomic E-state index is -3.20. The van der Waals surface area contributed by atoms with Crippen LogP contribution in [-0.4, -0.2) is 44.6 Å². The van der Waals surface area contributed by atoms with Crippen LogP contribution in [0.25, 0.3) is 11.1 Å². The molecule has 1 amide bonds. The van der Waals surface area contributed by atoms with Crippen LogP contribution in [0.15, 0.2) is 53.4 Å². The topological polar surface area (TPSA) is 80.5 Å². The summed E-state index contributed by atoms with van der Waals surface area (Å²) in [4.78, 5) is 15.0. The number of carbonyl (C=O) groups is 1. The van der Waals surface area contributed by atoms with Crippen LogP contribution in [0.2, 0.25) is 0 Å².